The van der Waals surface area contributed by atoms with Crippen LogP contribution in [0.1, 0.15) is 5.69 Å². The number of nitriles is 1. The molecule has 4 heteroatoms. The van der Waals surface area contributed by atoms with Crippen LogP contribution in [0.2, 0.25) is 0 Å². The second-order valence-electron chi connectivity index (χ2n) is 3.77. The summed E-state index contributed by atoms with van der Waals surface area (Å²) in [6.45, 7) is 0. The Labute approximate surface area is 104 Å². The molecule has 0 fully saturated rings. The van der Waals surface area contributed by atoms with Gasteiger partial charge in [0.25, 0.3) is 0 Å². The summed E-state index contributed by atoms with van der Waals surface area (Å²) in [6.07, 6.45) is 1.65. The summed E-state index contributed by atoms with van der Waals surface area (Å²) in [5.41, 5.74) is 2.56. The standard InChI is InChI=1S/C14H8N4/c15-9-12-14-11(7-4-8-16-14)13(18-17-12)10-5-2-1-3-6-10/h1-8H. The predicted molar refractivity (Wildman–Crippen MR) is 67.5 cm³/mol. The van der Waals surface area contributed by atoms with Crippen molar-refractivity contribution in [1.82, 2.24) is 15.2 Å². The maximum absolute atomic E-state index is 9.00. The van der Waals surface area contributed by atoms with Gasteiger partial charge in [0.1, 0.15) is 17.3 Å². The van der Waals surface area contributed by atoms with Gasteiger partial charge in [-0.25, -0.2) is 0 Å². The van der Waals surface area contributed by atoms with Gasteiger partial charge in [-0.15, -0.1) is 10.2 Å². The highest BCUT2D eigenvalue weighted by Gasteiger charge is 2.10. The number of nitrogens with zero attached hydrogens (tertiary/aromatic N) is 4. The Bertz CT molecular complexity index is 745. The summed E-state index contributed by atoms with van der Waals surface area (Å²) in [7, 11) is 0. The SMILES string of the molecule is N#Cc1nnc(-c2ccccc2)c2cccnc12. The molecule has 0 N–H and O–H groups in total. The van der Waals surface area contributed by atoms with Crippen molar-refractivity contribution in [2.24, 2.45) is 0 Å². The molecule has 2 aromatic heterocycles. The van der Waals surface area contributed by atoms with E-state index in [2.05, 4.69) is 15.2 Å². The normalized spacial score (nSPS) is 10.2. The van der Waals surface area contributed by atoms with Crippen LogP contribution < -0.4 is 0 Å². The zero-order chi connectivity index (χ0) is 12.4. The molecule has 0 amide bonds. The minimum atomic E-state index is 0.255. The number of rotatable bonds is 1. The maximum Gasteiger partial charge on any atom is 0.189 e. The van der Waals surface area contributed by atoms with E-state index in [1.165, 1.54) is 0 Å². The molecule has 0 saturated heterocycles. The van der Waals surface area contributed by atoms with Crippen LogP contribution in [0.4, 0.5) is 0 Å². The first kappa shape index (κ1) is 10.4. The van der Waals surface area contributed by atoms with Crippen LogP contribution in [0.3, 0.4) is 0 Å². The van der Waals surface area contributed by atoms with Gasteiger partial charge in [-0.05, 0) is 12.1 Å². The van der Waals surface area contributed by atoms with Crippen molar-refractivity contribution in [3.05, 3.63) is 54.4 Å². The smallest absolute Gasteiger partial charge is 0.189 e. The lowest BCUT2D eigenvalue weighted by Gasteiger charge is -2.04. The van der Waals surface area contributed by atoms with Crippen LogP contribution in [-0.4, -0.2) is 15.2 Å². The van der Waals surface area contributed by atoms with E-state index >= 15 is 0 Å². The lowest BCUT2D eigenvalue weighted by atomic mass is 10.1. The molecule has 84 valence electrons. The highest BCUT2D eigenvalue weighted by molar-refractivity contribution is 5.93. The molecule has 0 saturated carbocycles. The molecule has 2 heterocycles. The Balaban J connectivity index is 2.36. The van der Waals surface area contributed by atoms with Crippen molar-refractivity contribution >= 4 is 10.9 Å². The summed E-state index contributed by atoms with van der Waals surface area (Å²) in [4.78, 5) is 4.21. The molecule has 1 aromatic carbocycles. The van der Waals surface area contributed by atoms with Gasteiger partial charge in [0.05, 0.1) is 0 Å². The van der Waals surface area contributed by atoms with Crippen molar-refractivity contribution in [3.63, 3.8) is 0 Å². The molecular weight excluding hydrogens is 224 g/mol. The van der Waals surface area contributed by atoms with Crippen LogP contribution in [0, 0.1) is 11.3 Å². The first-order chi connectivity index (χ1) is 8.90. The third-order valence-corrected chi connectivity index (χ3v) is 2.69. The van der Waals surface area contributed by atoms with Crippen LogP contribution in [0.5, 0.6) is 0 Å². The predicted octanol–water partition coefficient (Wildman–Crippen LogP) is 2.56. The lowest BCUT2D eigenvalue weighted by Crippen LogP contribution is -1.96. The minimum Gasteiger partial charge on any atom is -0.253 e. The Morgan fingerprint density at radius 2 is 1.78 bits per heavy atom. The summed E-state index contributed by atoms with van der Waals surface area (Å²) >= 11 is 0. The maximum atomic E-state index is 9.00. The van der Waals surface area contributed by atoms with Gasteiger partial charge < -0.3 is 0 Å². The van der Waals surface area contributed by atoms with Crippen LogP contribution in [0.25, 0.3) is 22.2 Å². The molecule has 0 radical (unpaired) electrons. The number of benzene rings is 1. The molecule has 0 aliphatic rings. The molecule has 3 aromatic rings. The van der Waals surface area contributed by atoms with E-state index < -0.39 is 0 Å². The van der Waals surface area contributed by atoms with Gasteiger partial charge in [-0.2, -0.15) is 5.26 Å². The summed E-state index contributed by atoms with van der Waals surface area (Å²) in [6, 6.07) is 15.5. The van der Waals surface area contributed by atoms with E-state index in [-0.39, 0.29) is 5.69 Å². The lowest BCUT2D eigenvalue weighted by molar-refractivity contribution is 1.03. The van der Waals surface area contributed by atoms with Crippen molar-refractivity contribution in [2.45, 2.75) is 0 Å². The first-order valence-corrected chi connectivity index (χ1v) is 5.47. The molecule has 0 unspecified atom stereocenters. The fraction of sp³-hybridized carbons (Fsp3) is 0. The van der Waals surface area contributed by atoms with E-state index in [0.717, 1.165) is 16.6 Å². The van der Waals surface area contributed by atoms with Crippen molar-refractivity contribution in [2.75, 3.05) is 0 Å². The highest BCUT2D eigenvalue weighted by Crippen LogP contribution is 2.25. The summed E-state index contributed by atoms with van der Waals surface area (Å²) < 4.78 is 0. The average Bonchev–Trinajstić information content (AvgIpc) is 2.47. The number of hydrogen-bond acceptors (Lipinski definition) is 4. The average molecular weight is 232 g/mol. The molecule has 0 bridgehead atoms. The van der Waals surface area contributed by atoms with Gasteiger partial charge in [0.15, 0.2) is 5.69 Å². The van der Waals surface area contributed by atoms with E-state index in [1.54, 1.807) is 6.20 Å². The number of hydrogen-bond donors (Lipinski definition) is 0. The van der Waals surface area contributed by atoms with Crippen molar-refractivity contribution in [3.8, 4) is 17.3 Å². The quantitative estimate of drug-likeness (QED) is 0.646. The molecule has 0 aliphatic carbocycles. The van der Waals surface area contributed by atoms with Gasteiger partial charge in [0.2, 0.25) is 0 Å². The van der Waals surface area contributed by atoms with Crippen LogP contribution in [-0.2, 0) is 0 Å². The number of fused-ring (bicyclic) bond motifs is 1. The van der Waals surface area contributed by atoms with Crippen molar-refractivity contribution in [1.29, 1.82) is 5.26 Å². The van der Waals surface area contributed by atoms with E-state index in [1.807, 2.05) is 48.5 Å². The van der Waals surface area contributed by atoms with Crippen molar-refractivity contribution < 1.29 is 0 Å². The second kappa shape index (κ2) is 4.22. The first-order valence-electron chi connectivity index (χ1n) is 5.47. The zero-order valence-electron chi connectivity index (χ0n) is 9.41. The molecule has 18 heavy (non-hydrogen) atoms. The minimum absolute atomic E-state index is 0.255. The topological polar surface area (TPSA) is 62.5 Å². The van der Waals surface area contributed by atoms with E-state index in [0.29, 0.717) is 5.52 Å². The molecule has 4 nitrogen and oxygen atoms in total. The fourth-order valence-electron chi connectivity index (χ4n) is 1.87. The monoisotopic (exact) mass is 232 g/mol. The Hall–Kier alpha value is -2.80. The third kappa shape index (κ3) is 1.59. The largest absolute Gasteiger partial charge is 0.253 e. The summed E-state index contributed by atoms with van der Waals surface area (Å²) in [5.74, 6) is 0. The number of aromatic nitrogens is 3. The van der Waals surface area contributed by atoms with Crippen LogP contribution in [0.15, 0.2) is 48.7 Å². The van der Waals surface area contributed by atoms with Gasteiger partial charge in [0, 0.05) is 17.1 Å². The fourth-order valence-corrected chi connectivity index (χ4v) is 1.87. The van der Waals surface area contributed by atoms with Gasteiger partial charge in [-0.1, -0.05) is 30.3 Å². The number of pyridine rings is 1. The van der Waals surface area contributed by atoms with Gasteiger partial charge in [-0.3, -0.25) is 4.98 Å². The van der Waals surface area contributed by atoms with Crippen LogP contribution >= 0.6 is 0 Å². The Morgan fingerprint density at radius 1 is 0.944 bits per heavy atom. The highest BCUT2D eigenvalue weighted by atomic mass is 15.1. The van der Waals surface area contributed by atoms with E-state index in [9.17, 15) is 0 Å². The molecule has 0 aliphatic heterocycles. The molecule has 0 atom stereocenters. The zero-order valence-corrected chi connectivity index (χ0v) is 9.41. The third-order valence-electron chi connectivity index (χ3n) is 2.69. The molecular formula is C14H8N4. The molecule has 3 rings (SSSR count). The molecule has 0 spiro atoms. The van der Waals surface area contributed by atoms with E-state index in [4.69, 9.17) is 5.26 Å². The summed E-state index contributed by atoms with van der Waals surface area (Å²) in [5, 5.41) is 17.9. The Morgan fingerprint density at radius 3 is 2.56 bits per heavy atom. The van der Waals surface area contributed by atoms with Gasteiger partial charge >= 0.3 is 0 Å². The second-order valence-corrected chi connectivity index (χ2v) is 3.77. The Kier molecular flexibility index (Phi) is 2.43.